The fourth-order valence-electron chi connectivity index (χ4n) is 8.54. The summed E-state index contributed by atoms with van der Waals surface area (Å²) < 4.78 is 45.5. The number of thioether (sulfide) groups is 1. The Bertz CT molecular complexity index is 2200. The zero-order valence-electron chi connectivity index (χ0n) is 42.0. The van der Waals surface area contributed by atoms with Gasteiger partial charge in [-0.25, -0.2) is 23.2 Å². The molecule has 4 aliphatic carbocycles. The van der Waals surface area contributed by atoms with Crippen molar-refractivity contribution in [3.63, 3.8) is 0 Å². The first-order chi connectivity index (χ1) is 34.8. The lowest BCUT2D eigenvalue weighted by Gasteiger charge is -2.19. The molecule has 0 aromatic carbocycles. The van der Waals surface area contributed by atoms with Gasteiger partial charge >= 0.3 is 13.2 Å². The van der Waals surface area contributed by atoms with Crippen LogP contribution in [0.5, 0.6) is 0 Å². The molecule has 3 fully saturated rings. The highest BCUT2D eigenvalue weighted by atomic mass is 32.2. The van der Waals surface area contributed by atoms with Crippen LogP contribution in [0.1, 0.15) is 120 Å². The molecule has 23 heteroatoms. The molecule has 0 saturated heterocycles. The van der Waals surface area contributed by atoms with Crippen molar-refractivity contribution < 1.29 is 41.8 Å². The summed E-state index contributed by atoms with van der Waals surface area (Å²) in [5, 5.41) is 24.7. The zero-order valence-corrected chi connectivity index (χ0v) is 42.8. The number of Topliss-reactive ketones (excluding diaryl/α,β-unsaturated/α-hetero) is 4. The van der Waals surface area contributed by atoms with Crippen LogP contribution in [0.3, 0.4) is 0 Å². The molecule has 3 aromatic heterocycles. The van der Waals surface area contributed by atoms with Crippen LogP contribution in [0.25, 0.3) is 0 Å². The number of nitrogens with one attached hydrogen (secondary N) is 3. The Labute approximate surface area is 426 Å². The number of unbranched alkanes of at least 4 members (excludes halogenated alkanes) is 3. The smallest absolute Gasteiger partial charge is 0.422 e. The summed E-state index contributed by atoms with van der Waals surface area (Å²) in [6.45, 7) is 9.71. The monoisotopic (exact) mass is 1020 g/mol. The van der Waals surface area contributed by atoms with E-state index in [-0.39, 0.29) is 60.2 Å². The van der Waals surface area contributed by atoms with Gasteiger partial charge in [0.25, 0.3) is 0 Å². The minimum Gasteiger partial charge on any atom is -0.449 e. The zero-order chi connectivity index (χ0) is 52.1. The highest BCUT2D eigenvalue weighted by Gasteiger charge is 2.49. The van der Waals surface area contributed by atoms with E-state index in [1.807, 2.05) is 10.9 Å². The molecule has 5 N–H and O–H groups in total. The predicted octanol–water partition coefficient (Wildman–Crippen LogP) is 6.10. The minimum absolute atomic E-state index is 0.0346. The standard InChI is InChI=1S/C17H22FN3O2.C17H27N3O2.C14H20FN5O2S.CH5BFN/c18-7-8-21-10-13(20-12-21)9-19-17(22)23-11-16-14-5-3-1-2-4-6-15(14)16;1-2-3-4-5-11-20-13-15(18-19-20)8-6-7-14-9-10-16(21)12-17(14)22;1-10(17-8-11-9-20(4-2-15)19-18-11)16-3-5-23-14-7-12(21)6-13(14)22;1-2(3)4/h10,12,14-16H,3-9,11H2,(H,19,22);13-14H,2-12H2,1H3;9,14,16-17H,1-8H2;4H2,1H3/i18-1;;15-1;3-1. The van der Waals surface area contributed by atoms with E-state index in [1.165, 1.54) is 42.5 Å². The van der Waals surface area contributed by atoms with Gasteiger partial charge in [0.1, 0.15) is 36.4 Å². The highest BCUT2D eigenvalue weighted by Crippen LogP contribution is 2.52. The molecule has 3 saturated carbocycles. The van der Waals surface area contributed by atoms with Crippen LogP contribution in [0.15, 0.2) is 37.3 Å². The third-order valence-electron chi connectivity index (χ3n) is 12.4. The third-order valence-corrected chi connectivity index (χ3v) is 13.7. The van der Waals surface area contributed by atoms with Crippen molar-refractivity contribution in [2.75, 3.05) is 32.3 Å². The number of nitrogens with two attached hydrogens (primary N) is 1. The fourth-order valence-corrected chi connectivity index (χ4v) is 9.62. The molecule has 18 nitrogen and oxygen atoms in total. The van der Waals surface area contributed by atoms with E-state index in [0.29, 0.717) is 74.0 Å². The average molecular weight is 1020 g/mol. The summed E-state index contributed by atoms with van der Waals surface area (Å²) in [5.74, 6) is 9.95. The molecule has 4 aliphatic rings. The lowest BCUT2D eigenvalue weighted by Crippen LogP contribution is -2.27. The van der Waals surface area contributed by atoms with Crippen molar-refractivity contribution in [2.24, 2.45) is 29.3 Å². The van der Waals surface area contributed by atoms with Gasteiger partial charge in [0.15, 0.2) is 5.78 Å². The van der Waals surface area contributed by atoms with Crippen molar-refractivity contribution in [2.45, 2.75) is 154 Å². The van der Waals surface area contributed by atoms with Gasteiger partial charge in [-0.1, -0.05) is 43.2 Å². The highest BCUT2D eigenvalue weighted by molar-refractivity contribution is 8.00. The number of ether oxygens (including phenoxy) is 1. The van der Waals surface area contributed by atoms with E-state index in [1.54, 1.807) is 23.3 Å². The maximum Gasteiger partial charge on any atom is 0.422 e. The number of imidazole rings is 1. The van der Waals surface area contributed by atoms with Gasteiger partial charge in [0, 0.05) is 62.8 Å². The van der Waals surface area contributed by atoms with E-state index in [4.69, 9.17) is 4.74 Å². The van der Waals surface area contributed by atoms with Crippen LogP contribution >= 0.6 is 11.8 Å². The van der Waals surface area contributed by atoms with Crippen LogP contribution in [0.2, 0.25) is 6.82 Å². The van der Waals surface area contributed by atoms with E-state index in [9.17, 15) is 37.1 Å². The SMILES string of the molecule is C=C(NCCSC1CC(=O)CC1=O)NCc1cn(CC[18F])nn1.CB(N)[18F].CCCCCCn1cc(CCCC2CCC(=O)CC2=O)nn1.O=C(NCc1cn(CC[18F])cn1)OCC1C2CCC#CCCC21. The molecule has 4 atom stereocenters. The predicted molar refractivity (Wildman–Crippen MR) is 270 cm³/mol. The molecule has 0 radical (unpaired) electrons. The summed E-state index contributed by atoms with van der Waals surface area (Å²) >= 11 is 1.50. The van der Waals surface area contributed by atoms with Gasteiger partial charge in [-0.15, -0.1) is 33.8 Å². The molecule has 0 aliphatic heterocycles. The number of fused-ring (bicyclic) bond motifs is 1. The second-order valence-corrected chi connectivity index (χ2v) is 19.7. The molecule has 0 spiro atoms. The average Bonchev–Trinajstić information content (AvgIpc) is 3.92. The third kappa shape index (κ3) is 23.4. The van der Waals surface area contributed by atoms with Gasteiger partial charge in [-0.2, -0.15) is 0 Å². The maximum absolute atomic E-state index is 12.2. The van der Waals surface area contributed by atoms with Crippen molar-refractivity contribution in [3.8, 4) is 11.8 Å². The summed E-state index contributed by atoms with van der Waals surface area (Å²) in [7, 11) is -1.17. The number of alkyl halides is 2. The number of nitrogens with zero attached hydrogens (tertiary/aromatic N) is 8. The molecule has 396 valence electrons. The number of halogens is 3. The normalized spacial score (nSPS) is 19.8. The van der Waals surface area contributed by atoms with Gasteiger partial charge < -0.3 is 35.2 Å². The number of hydrogen-bond acceptors (Lipinski definition) is 15. The van der Waals surface area contributed by atoms with Crippen LogP contribution in [-0.2, 0) is 63.1 Å². The Morgan fingerprint density at radius 2 is 1.53 bits per heavy atom. The van der Waals surface area contributed by atoms with Crippen molar-refractivity contribution in [3.05, 3.63) is 54.4 Å². The molecular weight excluding hydrogens is 949 g/mol. The number of aromatic nitrogens is 8. The van der Waals surface area contributed by atoms with Crippen molar-refractivity contribution >= 4 is 48.1 Å². The molecule has 3 heterocycles. The number of carbonyl (C=O) groups excluding carboxylic acids is 5. The quantitative estimate of drug-likeness (QED) is 0.0325. The number of carbonyl (C=O) groups is 5. The maximum atomic E-state index is 12.2. The largest absolute Gasteiger partial charge is 0.449 e. The molecule has 4 unspecified atom stereocenters. The first kappa shape index (κ1) is 59.1. The Morgan fingerprint density at radius 3 is 2.19 bits per heavy atom. The number of aryl methyl sites for hydroxylation is 4. The fraction of sp³-hybridized carbons (Fsp3) is 0.673. The van der Waals surface area contributed by atoms with Gasteiger partial charge in [0.05, 0.1) is 80.6 Å². The molecule has 7 rings (SSSR count). The first-order valence-electron chi connectivity index (χ1n) is 25.3. The second kappa shape index (κ2) is 33.3. The molecule has 3 aromatic rings. The van der Waals surface area contributed by atoms with Crippen LogP contribution in [-0.4, -0.2) is 113 Å². The summed E-state index contributed by atoms with van der Waals surface area (Å²) in [6.07, 6.45) is 20.3. The Balaban J connectivity index is 0.000000226. The number of hydrogen-bond donors (Lipinski definition) is 4. The lowest BCUT2D eigenvalue weighted by atomic mass is 9.84. The lowest BCUT2D eigenvalue weighted by molar-refractivity contribution is -0.133. The van der Waals surface area contributed by atoms with E-state index in [2.05, 4.69) is 72.5 Å². The molecule has 72 heavy (non-hydrogen) atoms. The Hall–Kier alpha value is -5.50. The number of amides is 1. The summed E-state index contributed by atoms with van der Waals surface area (Å²) in [6, 6.07) is 0. The van der Waals surface area contributed by atoms with Gasteiger partial charge in [-0.3, -0.25) is 23.9 Å². The Morgan fingerprint density at radius 1 is 0.861 bits per heavy atom. The number of ketones is 4. The molecular formula is C49H74BF3N12O6S. The number of rotatable bonds is 25. The van der Waals surface area contributed by atoms with E-state index < -0.39 is 26.6 Å². The minimum atomic E-state index is -1.17. The van der Waals surface area contributed by atoms with E-state index in [0.717, 1.165) is 75.8 Å². The second-order valence-electron chi connectivity index (χ2n) is 18.4. The van der Waals surface area contributed by atoms with Gasteiger partial charge in [-0.05, 0) is 69.5 Å². The summed E-state index contributed by atoms with van der Waals surface area (Å²) in [5.41, 5.74) is 6.85. The van der Waals surface area contributed by atoms with Gasteiger partial charge in [0.2, 0.25) is 0 Å². The van der Waals surface area contributed by atoms with Crippen molar-refractivity contribution in [1.82, 2.24) is 55.5 Å². The van der Waals surface area contributed by atoms with E-state index >= 15 is 0 Å². The van der Waals surface area contributed by atoms with Crippen LogP contribution < -0.4 is 21.6 Å². The number of alkyl carbamates (subject to hydrolysis) is 1. The Kier molecular flexibility index (Phi) is 27.3. The van der Waals surface area contributed by atoms with Crippen LogP contribution in [0.4, 0.5) is 17.9 Å². The first-order valence-corrected chi connectivity index (χ1v) is 26.4. The topological polar surface area (TPSA) is 236 Å². The summed E-state index contributed by atoms with van der Waals surface area (Å²) in [4.78, 5) is 61.5. The molecule has 0 bridgehead atoms. The molecule has 1 amide bonds. The van der Waals surface area contributed by atoms with Crippen molar-refractivity contribution in [1.29, 1.82) is 0 Å². The van der Waals surface area contributed by atoms with Crippen LogP contribution in [0, 0.1) is 35.5 Å².